The van der Waals surface area contributed by atoms with E-state index in [4.69, 9.17) is 4.74 Å². The summed E-state index contributed by atoms with van der Waals surface area (Å²) in [4.78, 5) is 46.0. The summed E-state index contributed by atoms with van der Waals surface area (Å²) in [5.41, 5.74) is 0.617. The molecule has 2 aromatic heterocycles. The number of carbonyl (C=O) groups is 2. The van der Waals surface area contributed by atoms with Crippen LogP contribution < -0.4 is 10.9 Å². The number of ether oxygens (including phenoxy) is 1. The van der Waals surface area contributed by atoms with Crippen LogP contribution in [-0.4, -0.2) is 33.5 Å². The first-order chi connectivity index (χ1) is 13.1. The van der Waals surface area contributed by atoms with Crippen molar-refractivity contribution in [3.63, 3.8) is 0 Å². The SMILES string of the molecule is C[C@@H](OC(=O)CCc1nc2sc3c(c2c(=O)[nH]1)CCCC3)C(=O)NC(C)(C)C. The number of carbonyl (C=O) groups excluding carboxylic acids is 2. The summed E-state index contributed by atoms with van der Waals surface area (Å²) in [6, 6.07) is 0. The van der Waals surface area contributed by atoms with E-state index in [2.05, 4.69) is 15.3 Å². The van der Waals surface area contributed by atoms with Crippen molar-refractivity contribution in [1.82, 2.24) is 15.3 Å². The minimum atomic E-state index is -0.870. The van der Waals surface area contributed by atoms with E-state index in [0.29, 0.717) is 11.2 Å². The van der Waals surface area contributed by atoms with Crippen LogP contribution in [0.4, 0.5) is 0 Å². The third-order valence-corrected chi connectivity index (χ3v) is 5.80. The van der Waals surface area contributed by atoms with E-state index in [1.165, 1.54) is 4.88 Å². The highest BCUT2D eigenvalue weighted by molar-refractivity contribution is 7.18. The fourth-order valence-electron chi connectivity index (χ4n) is 3.33. The molecule has 1 aliphatic rings. The molecule has 8 heteroatoms. The molecule has 0 unspecified atom stereocenters. The first-order valence-corrected chi connectivity index (χ1v) is 10.5. The number of aromatic nitrogens is 2. The Kier molecular flexibility index (Phi) is 5.88. The Morgan fingerprint density at radius 2 is 2.00 bits per heavy atom. The second kappa shape index (κ2) is 8.03. The van der Waals surface area contributed by atoms with Crippen molar-refractivity contribution in [3.05, 3.63) is 26.6 Å². The molecule has 7 nitrogen and oxygen atoms in total. The van der Waals surface area contributed by atoms with Gasteiger partial charge in [0, 0.05) is 16.8 Å². The zero-order valence-electron chi connectivity index (χ0n) is 16.8. The molecule has 1 amide bonds. The first kappa shape index (κ1) is 20.5. The van der Waals surface area contributed by atoms with E-state index >= 15 is 0 Å². The van der Waals surface area contributed by atoms with Gasteiger partial charge in [-0.1, -0.05) is 0 Å². The quantitative estimate of drug-likeness (QED) is 0.745. The Labute approximate surface area is 167 Å². The fourth-order valence-corrected chi connectivity index (χ4v) is 4.61. The molecule has 1 aliphatic carbocycles. The van der Waals surface area contributed by atoms with Crippen molar-refractivity contribution in [3.8, 4) is 0 Å². The van der Waals surface area contributed by atoms with Crippen LogP contribution in [-0.2, 0) is 33.6 Å². The summed E-state index contributed by atoms with van der Waals surface area (Å²) in [6.07, 6.45) is 3.63. The van der Waals surface area contributed by atoms with Gasteiger partial charge in [0.1, 0.15) is 10.7 Å². The lowest BCUT2D eigenvalue weighted by Crippen LogP contribution is -2.46. The summed E-state index contributed by atoms with van der Waals surface area (Å²) in [5.74, 6) is -0.359. The minimum absolute atomic E-state index is 0.0483. The maximum Gasteiger partial charge on any atom is 0.307 e. The van der Waals surface area contributed by atoms with Crippen LogP contribution in [0.3, 0.4) is 0 Å². The lowest BCUT2D eigenvalue weighted by molar-refractivity contribution is -0.155. The molecule has 0 aromatic carbocycles. The van der Waals surface area contributed by atoms with Crippen LogP contribution in [0.25, 0.3) is 10.2 Å². The lowest BCUT2D eigenvalue weighted by atomic mass is 9.97. The van der Waals surface area contributed by atoms with Crippen LogP contribution >= 0.6 is 11.3 Å². The molecule has 3 rings (SSSR count). The number of thiophene rings is 1. The molecule has 0 aliphatic heterocycles. The van der Waals surface area contributed by atoms with Gasteiger partial charge < -0.3 is 15.0 Å². The van der Waals surface area contributed by atoms with Crippen molar-refractivity contribution < 1.29 is 14.3 Å². The Morgan fingerprint density at radius 3 is 2.71 bits per heavy atom. The molecule has 28 heavy (non-hydrogen) atoms. The third-order valence-electron chi connectivity index (χ3n) is 4.62. The molecule has 0 bridgehead atoms. The molecule has 0 radical (unpaired) electrons. The Balaban J connectivity index is 1.63. The Hall–Kier alpha value is -2.22. The van der Waals surface area contributed by atoms with Gasteiger partial charge in [0.2, 0.25) is 0 Å². The lowest BCUT2D eigenvalue weighted by Gasteiger charge is -2.23. The predicted molar refractivity (Wildman–Crippen MR) is 109 cm³/mol. The first-order valence-electron chi connectivity index (χ1n) is 9.69. The molecule has 152 valence electrons. The minimum Gasteiger partial charge on any atom is -0.453 e. The average molecular weight is 406 g/mol. The van der Waals surface area contributed by atoms with Gasteiger partial charge in [-0.2, -0.15) is 0 Å². The van der Waals surface area contributed by atoms with Crippen molar-refractivity contribution >= 4 is 33.4 Å². The van der Waals surface area contributed by atoms with Gasteiger partial charge in [0.25, 0.3) is 11.5 Å². The Bertz CT molecular complexity index is 955. The standard InChI is InChI=1S/C20H27N3O4S/c1-11(17(25)23-20(2,3)4)27-15(24)10-9-14-21-18(26)16-12-7-5-6-8-13(12)28-19(16)22-14/h11H,5-10H2,1-4H3,(H,23,25)(H,21,22,26)/t11-/m1/s1. The number of nitrogens with one attached hydrogen (secondary N) is 2. The van der Waals surface area contributed by atoms with Gasteiger partial charge in [-0.15, -0.1) is 11.3 Å². The highest BCUT2D eigenvalue weighted by Gasteiger charge is 2.23. The van der Waals surface area contributed by atoms with Crippen molar-refractivity contribution in [2.75, 3.05) is 0 Å². The molecule has 2 heterocycles. The second-order valence-electron chi connectivity index (χ2n) is 8.28. The van der Waals surface area contributed by atoms with Crippen molar-refractivity contribution in [1.29, 1.82) is 0 Å². The molecule has 0 saturated carbocycles. The van der Waals surface area contributed by atoms with E-state index in [9.17, 15) is 14.4 Å². The van der Waals surface area contributed by atoms with Gasteiger partial charge in [-0.05, 0) is 58.9 Å². The van der Waals surface area contributed by atoms with E-state index in [-0.39, 0.29) is 24.3 Å². The van der Waals surface area contributed by atoms with Gasteiger partial charge in [0.15, 0.2) is 6.10 Å². The molecule has 1 atom stereocenters. The fraction of sp³-hybridized carbons (Fsp3) is 0.600. The topological polar surface area (TPSA) is 101 Å². The third kappa shape index (κ3) is 4.79. The number of fused-ring (bicyclic) bond motifs is 3. The summed E-state index contributed by atoms with van der Waals surface area (Å²) in [5, 5.41) is 3.48. The summed E-state index contributed by atoms with van der Waals surface area (Å²) in [7, 11) is 0. The van der Waals surface area contributed by atoms with Crippen molar-refractivity contribution in [2.45, 2.75) is 77.9 Å². The van der Waals surface area contributed by atoms with E-state index in [1.54, 1.807) is 18.3 Å². The number of hydrogen-bond acceptors (Lipinski definition) is 6. The smallest absolute Gasteiger partial charge is 0.307 e. The maximum atomic E-state index is 12.5. The molecule has 2 aromatic rings. The number of aryl methyl sites for hydroxylation is 3. The molecule has 2 N–H and O–H groups in total. The number of rotatable bonds is 5. The van der Waals surface area contributed by atoms with Crippen LogP contribution in [0.15, 0.2) is 4.79 Å². The van der Waals surface area contributed by atoms with Gasteiger partial charge in [-0.25, -0.2) is 4.98 Å². The summed E-state index contributed by atoms with van der Waals surface area (Å²) >= 11 is 1.58. The predicted octanol–water partition coefficient (Wildman–Crippen LogP) is 2.64. The summed E-state index contributed by atoms with van der Waals surface area (Å²) < 4.78 is 5.20. The van der Waals surface area contributed by atoms with Crippen LogP contribution in [0.1, 0.15) is 63.2 Å². The van der Waals surface area contributed by atoms with E-state index in [0.717, 1.165) is 36.1 Å². The molecular formula is C20H27N3O4S. The number of H-pyrrole nitrogens is 1. The zero-order chi connectivity index (χ0) is 20.5. The Morgan fingerprint density at radius 1 is 1.29 bits per heavy atom. The number of nitrogens with zero attached hydrogens (tertiary/aromatic N) is 1. The highest BCUT2D eigenvalue weighted by atomic mass is 32.1. The van der Waals surface area contributed by atoms with Gasteiger partial charge in [-0.3, -0.25) is 14.4 Å². The molecule has 0 saturated heterocycles. The van der Waals surface area contributed by atoms with E-state index in [1.807, 2.05) is 20.8 Å². The van der Waals surface area contributed by atoms with E-state index < -0.39 is 17.6 Å². The number of esters is 1. The van der Waals surface area contributed by atoms with Crippen molar-refractivity contribution in [2.24, 2.45) is 0 Å². The average Bonchev–Trinajstić information content (AvgIpc) is 2.97. The van der Waals surface area contributed by atoms with Crippen LogP contribution in [0.2, 0.25) is 0 Å². The monoisotopic (exact) mass is 405 g/mol. The van der Waals surface area contributed by atoms with Crippen LogP contribution in [0, 0.1) is 0 Å². The maximum absolute atomic E-state index is 12.5. The largest absolute Gasteiger partial charge is 0.453 e. The van der Waals surface area contributed by atoms with Gasteiger partial charge in [0.05, 0.1) is 11.8 Å². The zero-order valence-corrected chi connectivity index (χ0v) is 17.6. The number of aromatic amines is 1. The second-order valence-corrected chi connectivity index (χ2v) is 9.36. The molecule has 0 spiro atoms. The number of hydrogen-bond donors (Lipinski definition) is 2. The summed E-state index contributed by atoms with van der Waals surface area (Å²) in [6.45, 7) is 7.13. The molecular weight excluding hydrogens is 378 g/mol. The number of amides is 1. The molecule has 0 fully saturated rings. The normalized spacial score (nSPS) is 15.1. The highest BCUT2D eigenvalue weighted by Crippen LogP contribution is 2.33. The van der Waals surface area contributed by atoms with Crippen LogP contribution in [0.5, 0.6) is 0 Å². The van der Waals surface area contributed by atoms with Gasteiger partial charge >= 0.3 is 5.97 Å².